The number of hydrogen-bond acceptors (Lipinski definition) is 2. The molecule has 1 aliphatic heterocycles. The molecular formula is C11H16N2. The Morgan fingerprint density at radius 2 is 2.38 bits per heavy atom. The van der Waals surface area contributed by atoms with Crippen LogP contribution >= 0.6 is 0 Å². The fraction of sp³-hybridized carbons (Fsp3) is 0.545. The minimum atomic E-state index is 0.661. The van der Waals surface area contributed by atoms with Gasteiger partial charge in [-0.2, -0.15) is 0 Å². The smallest absolute Gasteiger partial charge is 0.128 e. The molecule has 0 N–H and O–H groups in total. The molecule has 2 heterocycles. The second-order valence-corrected chi connectivity index (χ2v) is 3.88. The lowest BCUT2D eigenvalue weighted by molar-refractivity contribution is 0.727. The predicted molar refractivity (Wildman–Crippen MR) is 55.0 cm³/mol. The van der Waals surface area contributed by atoms with Crippen LogP contribution in [0, 0.1) is 6.92 Å². The molecule has 70 valence electrons. The van der Waals surface area contributed by atoms with Gasteiger partial charge >= 0.3 is 0 Å². The number of aryl methyl sites for hydroxylation is 1. The Hall–Kier alpha value is -1.05. The summed E-state index contributed by atoms with van der Waals surface area (Å²) in [6, 6.07) is 4.88. The maximum absolute atomic E-state index is 4.40. The van der Waals surface area contributed by atoms with E-state index in [1.165, 1.54) is 18.4 Å². The third-order valence-electron chi connectivity index (χ3n) is 2.75. The molecule has 0 aromatic carbocycles. The van der Waals surface area contributed by atoms with Crippen molar-refractivity contribution in [3.63, 3.8) is 0 Å². The normalized spacial score (nSPS) is 22.3. The van der Waals surface area contributed by atoms with Gasteiger partial charge in [-0.1, -0.05) is 0 Å². The first-order valence-electron chi connectivity index (χ1n) is 4.96. The number of aromatic nitrogens is 1. The van der Waals surface area contributed by atoms with E-state index in [2.05, 4.69) is 29.8 Å². The number of hydrogen-bond donors (Lipinski definition) is 0. The summed E-state index contributed by atoms with van der Waals surface area (Å²) in [6.45, 7) is 5.56. The highest BCUT2D eigenvalue weighted by atomic mass is 15.2. The fourth-order valence-corrected chi connectivity index (χ4v) is 1.95. The SMILES string of the molecule is Cc1ccnc(N2CCCC2C)c1. The number of pyridine rings is 1. The second kappa shape index (κ2) is 3.36. The molecule has 0 saturated carbocycles. The summed E-state index contributed by atoms with van der Waals surface area (Å²) in [4.78, 5) is 6.79. The van der Waals surface area contributed by atoms with Gasteiger partial charge in [0.2, 0.25) is 0 Å². The summed E-state index contributed by atoms with van der Waals surface area (Å²) >= 11 is 0. The molecule has 0 aliphatic carbocycles. The summed E-state index contributed by atoms with van der Waals surface area (Å²) in [6.07, 6.45) is 4.50. The summed E-state index contributed by atoms with van der Waals surface area (Å²) in [5.74, 6) is 1.14. The van der Waals surface area contributed by atoms with Crippen molar-refractivity contribution >= 4 is 5.82 Å². The fourth-order valence-electron chi connectivity index (χ4n) is 1.95. The molecule has 2 rings (SSSR count). The number of rotatable bonds is 1. The van der Waals surface area contributed by atoms with Gasteiger partial charge in [-0.05, 0) is 44.4 Å². The third kappa shape index (κ3) is 1.67. The highest BCUT2D eigenvalue weighted by Crippen LogP contribution is 2.23. The Morgan fingerprint density at radius 3 is 3.00 bits per heavy atom. The van der Waals surface area contributed by atoms with Gasteiger partial charge in [0.15, 0.2) is 0 Å². The highest BCUT2D eigenvalue weighted by molar-refractivity contribution is 5.42. The topological polar surface area (TPSA) is 16.1 Å². The first kappa shape index (κ1) is 8.54. The molecule has 0 spiro atoms. The summed E-state index contributed by atoms with van der Waals surface area (Å²) in [5.41, 5.74) is 1.30. The van der Waals surface area contributed by atoms with Crippen LogP contribution in [0.1, 0.15) is 25.3 Å². The van der Waals surface area contributed by atoms with E-state index in [9.17, 15) is 0 Å². The molecule has 1 aromatic heterocycles. The summed E-state index contributed by atoms with van der Waals surface area (Å²) in [5, 5.41) is 0. The molecule has 1 aromatic rings. The van der Waals surface area contributed by atoms with Crippen LogP contribution in [0.5, 0.6) is 0 Å². The van der Waals surface area contributed by atoms with Crippen molar-refractivity contribution in [1.29, 1.82) is 0 Å². The molecule has 2 nitrogen and oxygen atoms in total. The molecule has 1 saturated heterocycles. The van der Waals surface area contributed by atoms with E-state index in [1.54, 1.807) is 0 Å². The van der Waals surface area contributed by atoms with Crippen molar-refractivity contribution in [1.82, 2.24) is 4.98 Å². The lowest BCUT2D eigenvalue weighted by atomic mass is 10.2. The van der Waals surface area contributed by atoms with E-state index in [0.717, 1.165) is 12.4 Å². The third-order valence-corrected chi connectivity index (χ3v) is 2.75. The van der Waals surface area contributed by atoms with E-state index in [0.29, 0.717) is 6.04 Å². The monoisotopic (exact) mass is 176 g/mol. The van der Waals surface area contributed by atoms with Crippen molar-refractivity contribution in [2.75, 3.05) is 11.4 Å². The Bertz CT molecular complexity index is 296. The van der Waals surface area contributed by atoms with Gasteiger partial charge in [0.1, 0.15) is 5.82 Å². The van der Waals surface area contributed by atoms with Gasteiger partial charge in [0, 0.05) is 18.8 Å². The van der Waals surface area contributed by atoms with Gasteiger partial charge in [0.25, 0.3) is 0 Å². The van der Waals surface area contributed by atoms with Crippen molar-refractivity contribution in [3.05, 3.63) is 23.9 Å². The van der Waals surface area contributed by atoms with Crippen molar-refractivity contribution in [2.24, 2.45) is 0 Å². The zero-order chi connectivity index (χ0) is 9.26. The van der Waals surface area contributed by atoms with E-state index in [1.807, 2.05) is 12.3 Å². The summed E-state index contributed by atoms with van der Waals surface area (Å²) < 4.78 is 0. The van der Waals surface area contributed by atoms with Crippen LogP contribution in [0.15, 0.2) is 18.3 Å². The lowest BCUT2D eigenvalue weighted by Crippen LogP contribution is -2.27. The van der Waals surface area contributed by atoms with Gasteiger partial charge in [-0.25, -0.2) is 4.98 Å². The van der Waals surface area contributed by atoms with Crippen LogP contribution in [-0.2, 0) is 0 Å². The minimum absolute atomic E-state index is 0.661. The van der Waals surface area contributed by atoms with Gasteiger partial charge in [-0.3, -0.25) is 0 Å². The Labute approximate surface area is 79.6 Å². The average Bonchev–Trinajstić information content (AvgIpc) is 2.51. The van der Waals surface area contributed by atoms with Crippen molar-refractivity contribution in [2.45, 2.75) is 32.7 Å². The molecule has 0 radical (unpaired) electrons. The highest BCUT2D eigenvalue weighted by Gasteiger charge is 2.20. The van der Waals surface area contributed by atoms with Crippen LogP contribution in [0.2, 0.25) is 0 Å². The molecule has 13 heavy (non-hydrogen) atoms. The molecule has 2 heteroatoms. The Kier molecular flexibility index (Phi) is 2.21. The van der Waals surface area contributed by atoms with Crippen LogP contribution in [0.4, 0.5) is 5.82 Å². The van der Waals surface area contributed by atoms with Crippen LogP contribution in [0.3, 0.4) is 0 Å². The standard InChI is InChI=1S/C11H16N2/c1-9-5-6-12-11(8-9)13-7-3-4-10(13)2/h5-6,8,10H,3-4,7H2,1-2H3. The van der Waals surface area contributed by atoms with Gasteiger partial charge in [-0.15, -0.1) is 0 Å². The molecule has 1 fully saturated rings. The van der Waals surface area contributed by atoms with E-state index < -0.39 is 0 Å². The first-order chi connectivity index (χ1) is 6.27. The minimum Gasteiger partial charge on any atom is -0.354 e. The van der Waals surface area contributed by atoms with E-state index in [-0.39, 0.29) is 0 Å². The van der Waals surface area contributed by atoms with E-state index in [4.69, 9.17) is 0 Å². The van der Waals surface area contributed by atoms with Gasteiger partial charge < -0.3 is 4.90 Å². The maximum atomic E-state index is 4.40. The van der Waals surface area contributed by atoms with Crippen LogP contribution < -0.4 is 4.90 Å². The van der Waals surface area contributed by atoms with Crippen molar-refractivity contribution < 1.29 is 0 Å². The van der Waals surface area contributed by atoms with E-state index >= 15 is 0 Å². The average molecular weight is 176 g/mol. The Balaban J connectivity index is 2.24. The second-order valence-electron chi connectivity index (χ2n) is 3.88. The molecular weight excluding hydrogens is 160 g/mol. The molecule has 1 atom stereocenters. The maximum Gasteiger partial charge on any atom is 0.128 e. The summed E-state index contributed by atoms with van der Waals surface area (Å²) in [7, 11) is 0. The zero-order valence-electron chi connectivity index (χ0n) is 8.33. The largest absolute Gasteiger partial charge is 0.354 e. The van der Waals surface area contributed by atoms with Crippen LogP contribution in [0.25, 0.3) is 0 Å². The lowest BCUT2D eigenvalue weighted by Gasteiger charge is -2.22. The predicted octanol–water partition coefficient (Wildman–Crippen LogP) is 2.38. The van der Waals surface area contributed by atoms with Crippen molar-refractivity contribution in [3.8, 4) is 0 Å². The first-order valence-corrected chi connectivity index (χ1v) is 4.96. The zero-order valence-corrected chi connectivity index (χ0v) is 8.33. The Morgan fingerprint density at radius 1 is 1.54 bits per heavy atom. The molecule has 1 aliphatic rings. The molecule has 1 unspecified atom stereocenters. The molecule has 0 amide bonds. The quantitative estimate of drug-likeness (QED) is 0.653. The number of anilines is 1. The number of nitrogens with zero attached hydrogens (tertiary/aromatic N) is 2. The molecule has 0 bridgehead atoms. The van der Waals surface area contributed by atoms with Crippen LogP contribution in [-0.4, -0.2) is 17.6 Å². The van der Waals surface area contributed by atoms with Gasteiger partial charge in [0.05, 0.1) is 0 Å².